The molecule has 90 valence electrons. The molecule has 2 aromatic rings. The Labute approximate surface area is 113 Å². The Kier molecular flexibility index (Phi) is 3.55. The standard InChI is InChI=1S/C11H8ClN5S/c12-7-2-1-6(5-13)8(3-7)18-11-16-9(14)4-10(15)17-11/h1-4H,(H4,14,15,16,17). The maximum Gasteiger partial charge on any atom is 0.196 e. The molecule has 0 fully saturated rings. The minimum absolute atomic E-state index is 0.283. The number of nitrogens with zero attached hydrogens (tertiary/aromatic N) is 3. The fraction of sp³-hybridized carbons (Fsp3) is 0. The van der Waals surface area contributed by atoms with Crippen LogP contribution < -0.4 is 11.5 Å². The van der Waals surface area contributed by atoms with Crippen molar-refractivity contribution in [3.05, 3.63) is 34.9 Å². The number of aromatic nitrogens is 2. The molecule has 5 nitrogen and oxygen atoms in total. The van der Waals surface area contributed by atoms with E-state index < -0.39 is 0 Å². The van der Waals surface area contributed by atoms with Crippen molar-refractivity contribution >= 4 is 35.0 Å². The van der Waals surface area contributed by atoms with Gasteiger partial charge in [-0.25, -0.2) is 9.97 Å². The van der Waals surface area contributed by atoms with E-state index in [0.717, 1.165) is 0 Å². The molecule has 0 bridgehead atoms. The SMILES string of the molecule is N#Cc1ccc(Cl)cc1Sc1nc(N)cc(N)n1. The Morgan fingerprint density at radius 2 is 1.83 bits per heavy atom. The molecule has 0 atom stereocenters. The molecule has 1 aromatic carbocycles. The maximum absolute atomic E-state index is 9.00. The second kappa shape index (κ2) is 5.12. The molecule has 18 heavy (non-hydrogen) atoms. The maximum atomic E-state index is 9.00. The van der Waals surface area contributed by atoms with Gasteiger partial charge in [-0.1, -0.05) is 11.6 Å². The molecule has 0 aliphatic carbocycles. The Balaban J connectivity index is 2.39. The van der Waals surface area contributed by atoms with Gasteiger partial charge in [0, 0.05) is 16.0 Å². The van der Waals surface area contributed by atoms with Crippen LogP contribution in [0.15, 0.2) is 34.3 Å². The summed E-state index contributed by atoms with van der Waals surface area (Å²) < 4.78 is 0. The van der Waals surface area contributed by atoms with Crippen molar-refractivity contribution in [2.75, 3.05) is 11.5 Å². The summed E-state index contributed by atoms with van der Waals surface area (Å²) >= 11 is 7.08. The van der Waals surface area contributed by atoms with Crippen LogP contribution in [0.1, 0.15) is 5.56 Å². The van der Waals surface area contributed by atoms with Crippen LogP contribution in [0.25, 0.3) is 0 Å². The highest BCUT2D eigenvalue weighted by Gasteiger charge is 2.08. The van der Waals surface area contributed by atoms with Gasteiger partial charge >= 0.3 is 0 Å². The van der Waals surface area contributed by atoms with Gasteiger partial charge in [0.1, 0.15) is 17.7 Å². The van der Waals surface area contributed by atoms with Crippen LogP contribution in [0.2, 0.25) is 5.02 Å². The van der Waals surface area contributed by atoms with Gasteiger partial charge in [-0.15, -0.1) is 0 Å². The molecule has 0 saturated heterocycles. The molecule has 1 aromatic heterocycles. The van der Waals surface area contributed by atoms with Crippen LogP contribution in [-0.2, 0) is 0 Å². The summed E-state index contributed by atoms with van der Waals surface area (Å²) in [5, 5.41) is 9.92. The normalized spacial score (nSPS) is 10.0. The van der Waals surface area contributed by atoms with Gasteiger partial charge in [0.05, 0.1) is 5.56 Å². The first-order valence-corrected chi connectivity index (χ1v) is 6.05. The summed E-state index contributed by atoms with van der Waals surface area (Å²) in [6.45, 7) is 0. The first kappa shape index (κ1) is 12.5. The average molecular weight is 278 g/mol. The van der Waals surface area contributed by atoms with Gasteiger partial charge in [0.2, 0.25) is 0 Å². The van der Waals surface area contributed by atoms with E-state index in [0.29, 0.717) is 20.6 Å². The van der Waals surface area contributed by atoms with Crippen molar-refractivity contribution in [3.8, 4) is 6.07 Å². The molecular formula is C11H8ClN5S. The summed E-state index contributed by atoms with van der Waals surface area (Å²) in [4.78, 5) is 8.73. The fourth-order valence-corrected chi connectivity index (χ4v) is 2.42. The number of hydrogen-bond donors (Lipinski definition) is 2. The monoisotopic (exact) mass is 277 g/mol. The van der Waals surface area contributed by atoms with Crippen molar-refractivity contribution < 1.29 is 0 Å². The second-order valence-electron chi connectivity index (χ2n) is 3.35. The zero-order valence-electron chi connectivity index (χ0n) is 9.09. The van der Waals surface area contributed by atoms with Crippen LogP contribution in [0, 0.1) is 11.3 Å². The van der Waals surface area contributed by atoms with Crippen LogP contribution in [0.4, 0.5) is 11.6 Å². The van der Waals surface area contributed by atoms with Gasteiger partial charge in [-0.2, -0.15) is 5.26 Å². The average Bonchev–Trinajstić information content (AvgIpc) is 2.27. The van der Waals surface area contributed by atoms with E-state index in [1.165, 1.54) is 17.8 Å². The topological polar surface area (TPSA) is 102 Å². The minimum atomic E-state index is 0.283. The molecule has 1 heterocycles. The molecule has 0 aliphatic heterocycles. The van der Waals surface area contributed by atoms with Gasteiger partial charge in [0.15, 0.2) is 5.16 Å². The van der Waals surface area contributed by atoms with Crippen molar-refractivity contribution in [2.24, 2.45) is 0 Å². The van der Waals surface area contributed by atoms with Crippen LogP contribution in [0.5, 0.6) is 0 Å². The molecule has 0 unspecified atom stereocenters. The van der Waals surface area contributed by atoms with Gasteiger partial charge < -0.3 is 11.5 Å². The molecule has 2 rings (SSSR count). The molecule has 7 heteroatoms. The molecule has 4 N–H and O–H groups in total. The summed E-state index contributed by atoms with van der Waals surface area (Å²) in [5.41, 5.74) is 11.7. The Bertz CT molecular complexity index is 618. The largest absolute Gasteiger partial charge is 0.383 e. The lowest BCUT2D eigenvalue weighted by atomic mass is 10.2. The van der Waals surface area contributed by atoms with Gasteiger partial charge in [-0.05, 0) is 30.0 Å². The molecule has 0 amide bonds. The molecular weight excluding hydrogens is 270 g/mol. The zero-order valence-corrected chi connectivity index (χ0v) is 10.7. The van der Waals surface area contributed by atoms with Crippen LogP contribution in [-0.4, -0.2) is 9.97 Å². The van der Waals surface area contributed by atoms with Crippen molar-refractivity contribution in [2.45, 2.75) is 10.1 Å². The van der Waals surface area contributed by atoms with E-state index in [1.54, 1.807) is 18.2 Å². The molecule has 0 radical (unpaired) electrons. The number of anilines is 2. The lowest BCUT2D eigenvalue weighted by Crippen LogP contribution is -1.99. The lowest BCUT2D eigenvalue weighted by Gasteiger charge is -2.04. The molecule has 0 spiro atoms. The number of rotatable bonds is 2. The summed E-state index contributed by atoms with van der Waals surface area (Å²) in [5.74, 6) is 0.566. The van der Waals surface area contributed by atoms with Gasteiger partial charge in [-0.3, -0.25) is 0 Å². The highest BCUT2D eigenvalue weighted by atomic mass is 35.5. The van der Waals surface area contributed by atoms with E-state index in [1.807, 2.05) is 0 Å². The van der Waals surface area contributed by atoms with Gasteiger partial charge in [0.25, 0.3) is 0 Å². The van der Waals surface area contributed by atoms with E-state index in [-0.39, 0.29) is 11.6 Å². The first-order chi connectivity index (χ1) is 8.58. The number of nitrogen functional groups attached to an aromatic ring is 2. The van der Waals surface area contributed by atoms with Crippen LogP contribution >= 0.6 is 23.4 Å². The predicted octanol–water partition coefficient (Wildman–Crippen LogP) is 2.32. The Morgan fingerprint density at radius 3 is 2.44 bits per heavy atom. The second-order valence-corrected chi connectivity index (χ2v) is 4.80. The third kappa shape index (κ3) is 2.83. The number of nitrogens with two attached hydrogens (primary N) is 2. The van der Waals surface area contributed by atoms with E-state index >= 15 is 0 Å². The molecule has 0 aliphatic rings. The van der Waals surface area contributed by atoms with E-state index in [2.05, 4.69) is 16.0 Å². The third-order valence-corrected chi connectivity index (χ3v) is 3.17. The van der Waals surface area contributed by atoms with Crippen LogP contribution in [0.3, 0.4) is 0 Å². The minimum Gasteiger partial charge on any atom is -0.383 e. The zero-order chi connectivity index (χ0) is 13.1. The molecule has 0 saturated carbocycles. The number of benzene rings is 1. The summed E-state index contributed by atoms with van der Waals surface area (Å²) in [6.07, 6.45) is 0. The van der Waals surface area contributed by atoms with Crippen molar-refractivity contribution in [3.63, 3.8) is 0 Å². The summed E-state index contributed by atoms with van der Waals surface area (Å²) in [6, 6.07) is 8.51. The number of hydrogen-bond acceptors (Lipinski definition) is 6. The predicted molar refractivity (Wildman–Crippen MR) is 71.1 cm³/mol. The van der Waals surface area contributed by atoms with E-state index in [4.69, 9.17) is 28.3 Å². The summed E-state index contributed by atoms with van der Waals surface area (Å²) in [7, 11) is 0. The Hall–Kier alpha value is -1.97. The highest BCUT2D eigenvalue weighted by molar-refractivity contribution is 7.99. The lowest BCUT2D eigenvalue weighted by molar-refractivity contribution is 0.984. The van der Waals surface area contributed by atoms with Crippen molar-refractivity contribution in [1.29, 1.82) is 5.26 Å². The number of halogens is 1. The third-order valence-electron chi connectivity index (χ3n) is 2.01. The Morgan fingerprint density at radius 1 is 1.17 bits per heavy atom. The first-order valence-electron chi connectivity index (χ1n) is 4.86. The van der Waals surface area contributed by atoms with E-state index in [9.17, 15) is 0 Å². The number of nitriles is 1. The fourth-order valence-electron chi connectivity index (χ4n) is 1.28. The highest BCUT2D eigenvalue weighted by Crippen LogP contribution is 2.30. The quantitative estimate of drug-likeness (QED) is 0.817. The van der Waals surface area contributed by atoms with Crippen molar-refractivity contribution in [1.82, 2.24) is 9.97 Å². The smallest absolute Gasteiger partial charge is 0.196 e.